The molecular weight excluding hydrogens is 589 g/mol. The molecule has 0 radical (unpaired) electrons. The van der Waals surface area contributed by atoms with Crippen LogP contribution in [-0.4, -0.2) is 25.0 Å². The van der Waals surface area contributed by atoms with E-state index >= 15 is 0 Å². The summed E-state index contributed by atoms with van der Waals surface area (Å²) in [7, 11) is 0. The highest BCUT2D eigenvalue weighted by molar-refractivity contribution is 14.1. The predicted octanol–water partition coefficient (Wildman–Crippen LogP) is 3.40. The maximum atomic E-state index is 11.6. The van der Waals surface area contributed by atoms with Gasteiger partial charge in [-0.1, -0.05) is 0 Å². The second-order valence-corrected chi connectivity index (χ2v) is 7.08. The summed E-state index contributed by atoms with van der Waals surface area (Å²) in [5.74, 6) is -0.120. The molecule has 19 heavy (non-hydrogen) atoms. The van der Waals surface area contributed by atoms with Crippen LogP contribution in [0, 0.1) is 10.7 Å². The highest BCUT2D eigenvalue weighted by atomic mass is 127. The van der Waals surface area contributed by atoms with Crippen molar-refractivity contribution in [3.05, 3.63) is 22.8 Å². The van der Waals surface area contributed by atoms with Crippen molar-refractivity contribution in [1.82, 2.24) is 0 Å². The highest BCUT2D eigenvalue weighted by Crippen LogP contribution is 2.29. The van der Waals surface area contributed by atoms with Crippen LogP contribution in [0.1, 0.15) is 13.3 Å². The average Bonchev–Trinajstić information content (AvgIpc) is 2.27. The normalized spacial score (nSPS) is 10.1. The lowest BCUT2D eigenvalue weighted by Crippen LogP contribution is -2.18. The number of Topliss-reactive ketones (excluding diaryl/α,β-unsaturated/α-hetero) is 1. The van der Waals surface area contributed by atoms with E-state index in [2.05, 4.69) is 67.8 Å². The first kappa shape index (κ1) is 17.4. The summed E-state index contributed by atoms with van der Waals surface area (Å²) in [6.45, 7) is 1.86. The predicted molar refractivity (Wildman–Crippen MR) is 96.3 cm³/mol. The minimum Gasteiger partial charge on any atom is -0.484 e. The lowest BCUT2D eigenvalue weighted by atomic mass is 10.3. The molecule has 0 saturated carbocycles. The van der Waals surface area contributed by atoms with Crippen molar-refractivity contribution in [2.75, 3.05) is 13.2 Å². The Labute approximate surface area is 152 Å². The van der Waals surface area contributed by atoms with Crippen LogP contribution in [0.25, 0.3) is 0 Å². The van der Waals surface area contributed by atoms with Gasteiger partial charge >= 0.3 is 5.97 Å². The largest absolute Gasteiger partial charge is 0.484 e. The van der Waals surface area contributed by atoms with Crippen molar-refractivity contribution in [2.24, 2.45) is 0 Å². The van der Waals surface area contributed by atoms with Crippen molar-refractivity contribution in [3.8, 4) is 5.75 Å². The van der Waals surface area contributed by atoms with E-state index in [1.54, 1.807) is 6.92 Å². The summed E-state index contributed by atoms with van der Waals surface area (Å²) in [6.07, 6.45) is -0.245. The van der Waals surface area contributed by atoms with E-state index in [4.69, 9.17) is 9.47 Å². The number of ketones is 1. The van der Waals surface area contributed by atoms with E-state index in [1.165, 1.54) is 0 Å². The van der Waals surface area contributed by atoms with Crippen molar-refractivity contribution < 1.29 is 19.1 Å². The molecule has 1 aromatic carbocycles. The Kier molecular flexibility index (Phi) is 7.87. The standard InChI is InChI=1S/C12H11I3O4/c1-2-18-11(17)5-8(16)6-19-12-9(14)3-7(13)4-10(12)15/h3-4H,2,5-6H2,1H3. The zero-order valence-corrected chi connectivity index (χ0v) is 16.5. The molecule has 0 aliphatic heterocycles. The SMILES string of the molecule is CCOC(=O)CC(=O)COc1c(I)cc(I)cc1I. The van der Waals surface area contributed by atoms with Gasteiger partial charge in [-0.3, -0.25) is 9.59 Å². The first-order chi connectivity index (χ1) is 8.93. The maximum Gasteiger partial charge on any atom is 0.313 e. The summed E-state index contributed by atoms with van der Waals surface area (Å²) < 4.78 is 13.2. The number of hydrogen-bond acceptors (Lipinski definition) is 4. The number of esters is 1. The third kappa shape index (κ3) is 6.10. The molecule has 0 unspecified atom stereocenters. The second-order valence-electron chi connectivity index (χ2n) is 3.51. The van der Waals surface area contributed by atoms with E-state index in [0.29, 0.717) is 5.75 Å². The molecule has 1 rings (SSSR count). The summed E-state index contributed by atoms with van der Waals surface area (Å²) in [5, 5.41) is 0. The molecule has 0 atom stereocenters. The smallest absolute Gasteiger partial charge is 0.313 e. The number of rotatable bonds is 6. The van der Waals surface area contributed by atoms with Gasteiger partial charge in [0, 0.05) is 3.57 Å². The summed E-state index contributed by atoms with van der Waals surface area (Å²) >= 11 is 6.54. The zero-order valence-electron chi connectivity index (χ0n) is 10.0. The Bertz CT molecular complexity index is 465. The van der Waals surface area contributed by atoms with Crippen LogP contribution < -0.4 is 4.74 Å². The van der Waals surface area contributed by atoms with Gasteiger partial charge in [0.25, 0.3) is 0 Å². The Morgan fingerprint density at radius 3 is 2.26 bits per heavy atom. The molecule has 0 heterocycles. The number of carbonyl (C=O) groups is 2. The fourth-order valence-corrected chi connectivity index (χ4v) is 5.14. The van der Waals surface area contributed by atoms with Crippen molar-refractivity contribution in [1.29, 1.82) is 0 Å². The lowest BCUT2D eigenvalue weighted by molar-refractivity contribution is -0.145. The Morgan fingerprint density at radius 2 is 1.74 bits per heavy atom. The third-order valence-electron chi connectivity index (χ3n) is 1.99. The zero-order chi connectivity index (χ0) is 14.4. The van der Waals surface area contributed by atoms with Gasteiger partial charge in [-0.15, -0.1) is 0 Å². The molecule has 0 aliphatic rings. The van der Waals surface area contributed by atoms with Crippen LogP contribution in [0.3, 0.4) is 0 Å². The molecule has 0 saturated heterocycles. The number of halogens is 3. The van der Waals surface area contributed by atoms with Gasteiger partial charge < -0.3 is 9.47 Å². The molecule has 1 aromatic rings. The average molecular weight is 600 g/mol. The van der Waals surface area contributed by atoms with Crippen LogP contribution >= 0.6 is 67.8 Å². The van der Waals surface area contributed by atoms with Crippen molar-refractivity contribution in [2.45, 2.75) is 13.3 Å². The maximum absolute atomic E-state index is 11.6. The monoisotopic (exact) mass is 600 g/mol. The van der Waals surface area contributed by atoms with Crippen LogP contribution in [0.4, 0.5) is 0 Å². The molecule has 0 aliphatic carbocycles. The molecule has 0 fully saturated rings. The molecule has 0 aromatic heterocycles. The minimum absolute atomic E-state index is 0.120. The lowest BCUT2D eigenvalue weighted by Gasteiger charge is -2.10. The summed E-state index contributed by atoms with van der Waals surface area (Å²) in [4.78, 5) is 22.7. The fraction of sp³-hybridized carbons (Fsp3) is 0.333. The molecule has 0 bridgehead atoms. The highest BCUT2D eigenvalue weighted by Gasteiger charge is 2.13. The van der Waals surface area contributed by atoms with E-state index < -0.39 is 5.97 Å². The Hall–Kier alpha value is 0.350. The van der Waals surface area contributed by atoms with E-state index in [0.717, 1.165) is 10.7 Å². The third-order valence-corrected chi connectivity index (χ3v) is 4.21. The van der Waals surface area contributed by atoms with Gasteiger partial charge in [-0.2, -0.15) is 0 Å². The Balaban J connectivity index is 2.58. The van der Waals surface area contributed by atoms with E-state index in [-0.39, 0.29) is 25.4 Å². The molecular formula is C12H11I3O4. The number of carbonyl (C=O) groups excluding carboxylic acids is 2. The molecule has 104 valence electrons. The molecule has 0 spiro atoms. The molecule has 7 heteroatoms. The molecule has 4 nitrogen and oxygen atoms in total. The van der Waals surface area contributed by atoms with E-state index in [9.17, 15) is 9.59 Å². The van der Waals surface area contributed by atoms with Crippen LogP contribution in [0.15, 0.2) is 12.1 Å². The summed E-state index contributed by atoms with van der Waals surface area (Å²) in [5.41, 5.74) is 0. The topological polar surface area (TPSA) is 52.6 Å². The summed E-state index contributed by atoms with van der Waals surface area (Å²) in [6, 6.07) is 3.93. The van der Waals surface area contributed by atoms with E-state index in [1.807, 2.05) is 12.1 Å². The first-order valence-electron chi connectivity index (χ1n) is 5.38. The fourth-order valence-electron chi connectivity index (χ4n) is 1.24. The quantitative estimate of drug-likeness (QED) is 0.286. The van der Waals surface area contributed by atoms with Gasteiger partial charge in [-0.25, -0.2) is 0 Å². The Morgan fingerprint density at radius 1 is 1.16 bits per heavy atom. The van der Waals surface area contributed by atoms with Gasteiger partial charge in [0.1, 0.15) is 18.8 Å². The van der Waals surface area contributed by atoms with Crippen LogP contribution in [0.5, 0.6) is 5.75 Å². The van der Waals surface area contributed by atoms with Gasteiger partial charge in [0.05, 0.1) is 13.7 Å². The molecule has 0 N–H and O–H groups in total. The van der Waals surface area contributed by atoms with Crippen molar-refractivity contribution in [3.63, 3.8) is 0 Å². The first-order valence-corrected chi connectivity index (χ1v) is 8.62. The number of benzene rings is 1. The van der Waals surface area contributed by atoms with Gasteiger partial charge in [0.2, 0.25) is 0 Å². The van der Waals surface area contributed by atoms with Gasteiger partial charge in [-0.05, 0) is 86.8 Å². The number of hydrogen-bond donors (Lipinski definition) is 0. The van der Waals surface area contributed by atoms with Crippen molar-refractivity contribution >= 4 is 79.5 Å². The minimum atomic E-state index is -0.511. The van der Waals surface area contributed by atoms with Crippen LogP contribution in [0.2, 0.25) is 0 Å². The molecule has 0 amide bonds. The van der Waals surface area contributed by atoms with Crippen LogP contribution in [-0.2, 0) is 14.3 Å². The number of ether oxygens (including phenoxy) is 2. The van der Waals surface area contributed by atoms with Gasteiger partial charge in [0.15, 0.2) is 5.78 Å². The second kappa shape index (κ2) is 8.60.